The van der Waals surface area contributed by atoms with Gasteiger partial charge >= 0.3 is 13.8 Å². The largest absolute Gasteiger partial charge is 0.475 e. The van der Waals surface area contributed by atoms with E-state index in [0.29, 0.717) is 5.52 Å². The Kier molecular flexibility index (Phi) is 7.91. The molecule has 0 spiro atoms. The molecule has 2 N–H and O–H groups in total. The number of carbonyl (C=O) groups excluding carboxylic acids is 2. The SMILES string of the molecule is CC(C)C(=O)O[C@@H]1[C@@H]2O[P@@](=O)(OCCSC(=O)C(C)(C)C)OC[C@H]2O[C@@]1(C#N)c1ccc2c(N)ncnn12. The summed E-state index contributed by atoms with van der Waals surface area (Å²) >= 11 is 1.05. The van der Waals surface area contributed by atoms with Crippen LogP contribution in [0.3, 0.4) is 0 Å². The fourth-order valence-electron chi connectivity index (χ4n) is 3.96. The zero-order chi connectivity index (χ0) is 27.9. The molecule has 0 aliphatic carbocycles. The molecule has 5 atom stereocenters. The molecule has 2 aliphatic rings. The summed E-state index contributed by atoms with van der Waals surface area (Å²) in [7, 11) is -4.15. The number of nitrogen functional groups attached to an aromatic ring is 1. The normalized spacial score (nSPS) is 29.2. The first-order valence-electron chi connectivity index (χ1n) is 11.9. The van der Waals surface area contributed by atoms with Crippen molar-refractivity contribution >= 4 is 42.0 Å². The average Bonchev–Trinajstić information content (AvgIpc) is 3.42. The first kappa shape index (κ1) is 28.5. The lowest BCUT2D eigenvalue weighted by Crippen LogP contribution is -2.46. The van der Waals surface area contributed by atoms with E-state index in [4.69, 9.17) is 28.8 Å². The number of nitriles is 1. The van der Waals surface area contributed by atoms with Gasteiger partial charge in [0.15, 0.2) is 17.0 Å². The second-order valence-electron chi connectivity index (χ2n) is 10.2. The second kappa shape index (κ2) is 10.6. The van der Waals surface area contributed by atoms with Crippen LogP contribution in [0.1, 0.15) is 40.3 Å². The number of aromatic nitrogens is 3. The van der Waals surface area contributed by atoms with Gasteiger partial charge in [-0.2, -0.15) is 10.4 Å². The van der Waals surface area contributed by atoms with Crippen LogP contribution in [0.25, 0.3) is 5.52 Å². The summed E-state index contributed by atoms with van der Waals surface area (Å²) < 4.78 is 43.2. The van der Waals surface area contributed by atoms with Crippen molar-refractivity contribution in [2.45, 2.75) is 58.5 Å². The lowest BCUT2D eigenvalue weighted by Gasteiger charge is -2.32. The standard InChI is InChI=1S/C23H30N5O8PS/c1-13(2)20(29)34-18-17-15(10-33-37(31,36-17)32-8-9-38-21(30)22(3,4)5)35-23(18,11-24)16-7-6-14-19(25)26-12-27-28(14)16/h6-7,12-13,15,17-18H,8-10H2,1-5H3,(H2,25,26,27)/t15-,17-,18-,23+,37+/m1/s1. The minimum atomic E-state index is -4.15. The average molecular weight is 568 g/mol. The minimum Gasteiger partial charge on any atom is -0.455 e. The van der Waals surface area contributed by atoms with E-state index in [-0.39, 0.29) is 35.6 Å². The van der Waals surface area contributed by atoms with E-state index in [1.807, 2.05) is 0 Å². The highest BCUT2D eigenvalue weighted by molar-refractivity contribution is 8.13. The molecule has 15 heteroatoms. The Morgan fingerprint density at radius 2 is 2.13 bits per heavy atom. The Labute approximate surface area is 223 Å². The third kappa shape index (κ3) is 5.32. The Morgan fingerprint density at radius 3 is 2.79 bits per heavy atom. The van der Waals surface area contributed by atoms with E-state index in [1.54, 1.807) is 46.8 Å². The molecule has 4 rings (SSSR count). The zero-order valence-corrected chi connectivity index (χ0v) is 23.4. The van der Waals surface area contributed by atoms with E-state index >= 15 is 0 Å². The van der Waals surface area contributed by atoms with Crippen LogP contribution in [0.15, 0.2) is 18.5 Å². The number of nitrogens with zero attached hydrogens (tertiary/aromatic N) is 4. The van der Waals surface area contributed by atoms with Crippen LogP contribution in [-0.4, -0.2) is 63.0 Å². The minimum absolute atomic E-state index is 0.0440. The van der Waals surface area contributed by atoms with Crippen LogP contribution < -0.4 is 5.73 Å². The number of thioether (sulfide) groups is 1. The van der Waals surface area contributed by atoms with Gasteiger partial charge in [-0.15, -0.1) is 0 Å². The number of nitrogens with two attached hydrogens (primary N) is 1. The van der Waals surface area contributed by atoms with Gasteiger partial charge in [-0.25, -0.2) is 14.1 Å². The van der Waals surface area contributed by atoms with Crippen molar-refractivity contribution < 1.29 is 37.2 Å². The summed E-state index contributed by atoms with van der Waals surface area (Å²) in [6, 6.07) is 5.30. The van der Waals surface area contributed by atoms with Gasteiger partial charge < -0.3 is 15.2 Å². The third-order valence-electron chi connectivity index (χ3n) is 5.97. The van der Waals surface area contributed by atoms with Gasteiger partial charge in [0.25, 0.3) is 0 Å². The van der Waals surface area contributed by atoms with Crippen LogP contribution in [0.4, 0.5) is 5.82 Å². The molecule has 2 aromatic rings. The van der Waals surface area contributed by atoms with Crippen molar-refractivity contribution in [1.29, 1.82) is 5.26 Å². The van der Waals surface area contributed by atoms with Gasteiger partial charge in [-0.05, 0) is 12.1 Å². The highest BCUT2D eigenvalue weighted by Crippen LogP contribution is 2.58. The molecule has 0 radical (unpaired) electrons. The number of esters is 1. The second-order valence-corrected chi connectivity index (χ2v) is 12.9. The summed E-state index contributed by atoms with van der Waals surface area (Å²) in [4.78, 5) is 28.8. The monoisotopic (exact) mass is 567 g/mol. The van der Waals surface area contributed by atoms with Crippen molar-refractivity contribution in [1.82, 2.24) is 14.6 Å². The van der Waals surface area contributed by atoms with Gasteiger partial charge in [0.05, 0.1) is 24.8 Å². The predicted octanol–water partition coefficient (Wildman–Crippen LogP) is 2.84. The third-order valence-corrected chi connectivity index (χ3v) is 8.68. The van der Waals surface area contributed by atoms with Crippen LogP contribution in [0, 0.1) is 22.7 Å². The van der Waals surface area contributed by atoms with Gasteiger partial charge in [-0.3, -0.25) is 23.2 Å². The van der Waals surface area contributed by atoms with Crippen molar-refractivity contribution in [3.8, 4) is 6.07 Å². The number of hydrogen-bond donors (Lipinski definition) is 1. The van der Waals surface area contributed by atoms with Crippen molar-refractivity contribution in [3.05, 3.63) is 24.2 Å². The Morgan fingerprint density at radius 1 is 1.39 bits per heavy atom. The molecule has 0 unspecified atom stereocenters. The maximum atomic E-state index is 13.3. The molecule has 38 heavy (non-hydrogen) atoms. The molecule has 0 aromatic carbocycles. The summed E-state index contributed by atoms with van der Waals surface area (Å²) in [5.41, 5.74) is 4.16. The van der Waals surface area contributed by atoms with E-state index in [0.717, 1.165) is 11.8 Å². The molecule has 2 saturated heterocycles. The van der Waals surface area contributed by atoms with Crippen LogP contribution >= 0.6 is 19.6 Å². The molecule has 0 bridgehead atoms. The molecule has 13 nitrogen and oxygen atoms in total. The lowest BCUT2D eigenvalue weighted by atomic mass is 9.92. The molecule has 206 valence electrons. The van der Waals surface area contributed by atoms with E-state index in [9.17, 15) is 19.4 Å². The number of phosphoric acid groups is 1. The molecular formula is C23H30N5O8PS. The van der Waals surface area contributed by atoms with Crippen molar-refractivity contribution in [3.63, 3.8) is 0 Å². The Bertz CT molecular complexity index is 1320. The first-order valence-corrected chi connectivity index (χ1v) is 14.4. The zero-order valence-electron chi connectivity index (χ0n) is 21.7. The molecule has 0 amide bonds. The van der Waals surface area contributed by atoms with Crippen molar-refractivity contribution in [2.75, 3.05) is 24.7 Å². The van der Waals surface area contributed by atoms with Gasteiger partial charge in [0, 0.05) is 11.2 Å². The maximum Gasteiger partial charge on any atom is 0.475 e. The van der Waals surface area contributed by atoms with E-state index in [1.165, 1.54) is 10.8 Å². The number of hydrogen-bond acceptors (Lipinski definition) is 13. The summed E-state index contributed by atoms with van der Waals surface area (Å²) in [5.74, 6) is -0.752. The Hall–Kier alpha value is -2.53. The van der Waals surface area contributed by atoms with Crippen LogP contribution in [0.5, 0.6) is 0 Å². The first-order chi connectivity index (χ1) is 17.8. The predicted molar refractivity (Wildman–Crippen MR) is 136 cm³/mol. The Balaban J connectivity index is 1.62. The highest BCUT2D eigenvalue weighted by Gasteiger charge is 2.65. The summed E-state index contributed by atoms with van der Waals surface area (Å²) in [6.07, 6.45) is -2.21. The number of phosphoric ester groups is 1. The maximum absolute atomic E-state index is 13.3. The number of rotatable bonds is 7. The fraction of sp³-hybridized carbons (Fsp3) is 0.609. The molecule has 0 saturated carbocycles. The molecule has 2 aliphatic heterocycles. The number of fused-ring (bicyclic) bond motifs is 2. The number of carbonyl (C=O) groups is 2. The van der Waals surface area contributed by atoms with E-state index in [2.05, 4.69) is 16.2 Å². The van der Waals surface area contributed by atoms with E-state index < -0.39 is 49.0 Å². The molecule has 4 heterocycles. The van der Waals surface area contributed by atoms with Gasteiger partial charge in [0.1, 0.15) is 30.1 Å². The topological polar surface area (TPSA) is 177 Å². The lowest BCUT2D eigenvalue weighted by molar-refractivity contribution is -0.163. The van der Waals surface area contributed by atoms with Crippen LogP contribution in [0.2, 0.25) is 0 Å². The molecule has 2 fully saturated rings. The summed E-state index contributed by atoms with van der Waals surface area (Å²) in [5, 5.41) is 14.6. The smallest absolute Gasteiger partial charge is 0.455 e. The molecule has 2 aromatic heterocycles. The molecular weight excluding hydrogens is 537 g/mol. The van der Waals surface area contributed by atoms with Gasteiger partial charge in [-0.1, -0.05) is 46.4 Å². The highest BCUT2D eigenvalue weighted by atomic mass is 32.2. The van der Waals surface area contributed by atoms with Crippen LogP contribution in [-0.2, 0) is 42.8 Å². The number of ether oxygens (including phenoxy) is 2. The summed E-state index contributed by atoms with van der Waals surface area (Å²) in [6.45, 7) is 8.32. The number of anilines is 1. The fourth-order valence-corrected chi connectivity index (χ4v) is 6.26. The quantitative estimate of drug-likeness (QED) is 0.294. The van der Waals surface area contributed by atoms with Gasteiger partial charge in [0.2, 0.25) is 5.60 Å². The van der Waals surface area contributed by atoms with Crippen molar-refractivity contribution in [2.24, 2.45) is 11.3 Å².